The van der Waals surface area contributed by atoms with Gasteiger partial charge in [-0.2, -0.15) is 0 Å². The number of amides is 2. The Labute approximate surface area is 167 Å². The first kappa shape index (κ1) is 19.6. The molecule has 6 nitrogen and oxygen atoms in total. The first-order valence-electron chi connectivity index (χ1n) is 8.75. The Morgan fingerprint density at radius 1 is 0.929 bits per heavy atom. The van der Waals surface area contributed by atoms with Gasteiger partial charge in [0.2, 0.25) is 5.91 Å². The molecule has 0 saturated heterocycles. The SMILES string of the molecule is O=C(CSCc1ccncc1)NCc1cccc(NC(=O)c2ccccn2)c1. The monoisotopic (exact) mass is 392 g/mol. The molecule has 0 spiro atoms. The van der Waals surface area contributed by atoms with Crippen LogP contribution in [0.25, 0.3) is 0 Å². The zero-order chi connectivity index (χ0) is 19.6. The van der Waals surface area contributed by atoms with E-state index in [0.717, 1.165) is 16.9 Å². The van der Waals surface area contributed by atoms with E-state index in [4.69, 9.17) is 0 Å². The van der Waals surface area contributed by atoms with Gasteiger partial charge in [-0.05, 0) is 47.5 Å². The molecule has 2 heterocycles. The number of hydrogen-bond acceptors (Lipinski definition) is 5. The summed E-state index contributed by atoms with van der Waals surface area (Å²) < 4.78 is 0. The number of carbonyl (C=O) groups is 2. The predicted octanol–water partition coefficient (Wildman–Crippen LogP) is 3.28. The highest BCUT2D eigenvalue weighted by Gasteiger charge is 2.07. The largest absolute Gasteiger partial charge is 0.351 e. The molecule has 0 unspecified atom stereocenters. The average Bonchev–Trinajstić information content (AvgIpc) is 2.74. The number of hydrogen-bond donors (Lipinski definition) is 2. The summed E-state index contributed by atoms with van der Waals surface area (Å²) in [6.45, 7) is 0.405. The van der Waals surface area contributed by atoms with Crippen molar-refractivity contribution >= 4 is 29.3 Å². The quantitative estimate of drug-likeness (QED) is 0.615. The van der Waals surface area contributed by atoms with Crippen molar-refractivity contribution in [2.24, 2.45) is 0 Å². The zero-order valence-electron chi connectivity index (χ0n) is 15.2. The van der Waals surface area contributed by atoms with Crippen molar-refractivity contribution in [3.8, 4) is 0 Å². The molecule has 3 aromatic rings. The van der Waals surface area contributed by atoms with Gasteiger partial charge in [-0.3, -0.25) is 19.6 Å². The number of aromatic nitrogens is 2. The van der Waals surface area contributed by atoms with E-state index in [9.17, 15) is 9.59 Å². The van der Waals surface area contributed by atoms with E-state index in [0.29, 0.717) is 23.7 Å². The molecule has 0 aliphatic rings. The van der Waals surface area contributed by atoms with Gasteiger partial charge in [-0.1, -0.05) is 18.2 Å². The van der Waals surface area contributed by atoms with Crippen molar-refractivity contribution in [1.82, 2.24) is 15.3 Å². The highest BCUT2D eigenvalue weighted by atomic mass is 32.2. The molecule has 0 fully saturated rings. The fourth-order valence-electron chi connectivity index (χ4n) is 2.44. The van der Waals surface area contributed by atoms with Gasteiger partial charge in [0, 0.05) is 36.6 Å². The summed E-state index contributed by atoms with van der Waals surface area (Å²) in [4.78, 5) is 32.2. The van der Waals surface area contributed by atoms with Crippen molar-refractivity contribution in [1.29, 1.82) is 0 Å². The smallest absolute Gasteiger partial charge is 0.274 e. The minimum atomic E-state index is -0.269. The van der Waals surface area contributed by atoms with Crippen LogP contribution in [-0.4, -0.2) is 27.5 Å². The normalized spacial score (nSPS) is 10.3. The summed E-state index contributed by atoms with van der Waals surface area (Å²) in [6, 6.07) is 16.4. The van der Waals surface area contributed by atoms with Crippen LogP contribution in [-0.2, 0) is 17.1 Å². The minimum Gasteiger partial charge on any atom is -0.351 e. The first-order valence-corrected chi connectivity index (χ1v) is 9.91. The van der Waals surface area contributed by atoms with Crippen molar-refractivity contribution in [3.05, 3.63) is 90.0 Å². The van der Waals surface area contributed by atoms with Crippen LogP contribution < -0.4 is 10.6 Å². The molecule has 7 heteroatoms. The molecule has 2 N–H and O–H groups in total. The van der Waals surface area contributed by atoms with Crippen LogP contribution in [0.5, 0.6) is 0 Å². The van der Waals surface area contributed by atoms with Gasteiger partial charge in [-0.15, -0.1) is 11.8 Å². The third kappa shape index (κ3) is 6.21. The Morgan fingerprint density at radius 3 is 2.57 bits per heavy atom. The lowest BCUT2D eigenvalue weighted by Gasteiger charge is -2.09. The van der Waals surface area contributed by atoms with E-state index in [1.165, 1.54) is 0 Å². The second-order valence-corrected chi connectivity index (χ2v) is 6.98. The second kappa shape index (κ2) is 10.2. The number of pyridine rings is 2. The lowest BCUT2D eigenvalue weighted by atomic mass is 10.2. The highest BCUT2D eigenvalue weighted by molar-refractivity contribution is 7.99. The fourth-order valence-corrected chi connectivity index (χ4v) is 3.26. The molecule has 1 aromatic carbocycles. The maximum Gasteiger partial charge on any atom is 0.274 e. The van der Waals surface area contributed by atoms with Gasteiger partial charge in [-0.25, -0.2) is 0 Å². The number of rotatable bonds is 8. The molecule has 2 aromatic heterocycles. The summed E-state index contributed by atoms with van der Waals surface area (Å²) in [5.41, 5.74) is 3.07. The van der Waals surface area contributed by atoms with Crippen molar-refractivity contribution < 1.29 is 9.59 Å². The Balaban J connectivity index is 1.45. The highest BCUT2D eigenvalue weighted by Crippen LogP contribution is 2.13. The van der Waals surface area contributed by atoms with Gasteiger partial charge in [0.25, 0.3) is 5.91 Å². The molecular formula is C21H20N4O2S. The van der Waals surface area contributed by atoms with Crippen LogP contribution in [0.3, 0.4) is 0 Å². The lowest BCUT2D eigenvalue weighted by Crippen LogP contribution is -2.24. The number of benzene rings is 1. The molecular weight excluding hydrogens is 372 g/mol. The van der Waals surface area contributed by atoms with Gasteiger partial charge >= 0.3 is 0 Å². The molecule has 0 bridgehead atoms. The standard InChI is InChI=1S/C21H20N4O2S/c26-20(15-28-14-16-7-10-22-11-8-16)24-13-17-4-3-5-18(12-17)25-21(27)19-6-1-2-9-23-19/h1-12H,13-15H2,(H,24,26)(H,25,27). The fraction of sp³-hybridized carbons (Fsp3) is 0.143. The van der Waals surface area contributed by atoms with Crippen molar-refractivity contribution in [3.63, 3.8) is 0 Å². The molecule has 0 saturated carbocycles. The predicted molar refractivity (Wildman–Crippen MR) is 111 cm³/mol. The average molecular weight is 392 g/mol. The van der Waals surface area contributed by atoms with Gasteiger partial charge < -0.3 is 10.6 Å². The van der Waals surface area contributed by atoms with Crippen LogP contribution in [0.15, 0.2) is 73.2 Å². The van der Waals surface area contributed by atoms with Crippen LogP contribution in [0.4, 0.5) is 5.69 Å². The van der Waals surface area contributed by atoms with Crippen LogP contribution in [0.2, 0.25) is 0 Å². The zero-order valence-corrected chi connectivity index (χ0v) is 16.0. The summed E-state index contributed by atoms with van der Waals surface area (Å²) in [7, 11) is 0. The number of thioether (sulfide) groups is 1. The topological polar surface area (TPSA) is 84.0 Å². The van der Waals surface area contributed by atoms with Gasteiger partial charge in [0.05, 0.1) is 5.75 Å². The van der Waals surface area contributed by atoms with E-state index < -0.39 is 0 Å². The Hall–Kier alpha value is -3.19. The maximum absolute atomic E-state index is 12.2. The van der Waals surface area contributed by atoms with Gasteiger partial charge in [0.1, 0.15) is 5.69 Å². The van der Waals surface area contributed by atoms with Crippen molar-refractivity contribution in [2.75, 3.05) is 11.1 Å². The number of carbonyl (C=O) groups excluding carboxylic acids is 2. The third-order valence-corrected chi connectivity index (χ3v) is 4.83. The molecule has 0 aliphatic heterocycles. The lowest BCUT2D eigenvalue weighted by molar-refractivity contribution is -0.118. The van der Waals surface area contributed by atoms with E-state index in [1.807, 2.05) is 30.3 Å². The Kier molecular flexibility index (Phi) is 7.14. The summed E-state index contributed by atoms with van der Waals surface area (Å²) >= 11 is 1.56. The summed E-state index contributed by atoms with van der Waals surface area (Å²) in [5.74, 6) is 0.861. The third-order valence-electron chi connectivity index (χ3n) is 3.82. The van der Waals surface area contributed by atoms with Crippen LogP contribution in [0.1, 0.15) is 21.6 Å². The van der Waals surface area contributed by atoms with E-state index in [2.05, 4.69) is 20.6 Å². The van der Waals surface area contributed by atoms with Crippen LogP contribution >= 0.6 is 11.8 Å². The molecule has 142 valence electrons. The number of nitrogens with one attached hydrogen (secondary N) is 2. The Bertz CT molecular complexity index is 920. The Morgan fingerprint density at radius 2 is 1.79 bits per heavy atom. The first-order chi connectivity index (χ1) is 13.7. The molecule has 3 rings (SSSR count). The molecule has 0 atom stereocenters. The maximum atomic E-state index is 12.2. The number of anilines is 1. The van der Waals surface area contributed by atoms with E-state index in [-0.39, 0.29) is 11.8 Å². The molecule has 0 aliphatic carbocycles. The summed E-state index contributed by atoms with van der Waals surface area (Å²) in [6.07, 6.45) is 5.07. The summed E-state index contributed by atoms with van der Waals surface area (Å²) in [5, 5.41) is 5.72. The molecule has 2 amide bonds. The molecule has 0 radical (unpaired) electrons. The van der Waals surface area contributed by atoms with Crippen LogP contribution in [0, 0.1) is 0 Å². The second-order valence-electron chi connectivity index (χ2n) is 5.99. The number of nitrogens with zero attached hydrogens (tertiary/aromatic N) is 2. The molecule has 28 heavy (non-hydrogen) atoms. The van der Waals surface area contributed by atoms with E-state index >= 15 is 0 Å². The van der Waals surface area contributed by atoms with Gasteiger partial charge in [0.15, 0.2) is 0 Å². The minimum absolute atomic E-state index is 0.0259. The van der Waals surface area contributed by atoms with E-state index in [1.54, 1.807) is 54.6 Å². The van der Waals surface area contributed by atoms with Crippen molar-refractivity contribution in [2.45, 2.75) is 12.3 Å².